The molecule has 94 valence electrons. The molecule has 0 aliphatic rings. The zero-order chi connectivity index (χ0) is 12.8. The number of hydrogen-bond donors (Lipinski definition) is 1. The Labute approximate surface area is 98.6 Å². The average molecular weight is 242 g/mol. The van der Waals surface area contributed by atoms with E-state index in [9.17, 15) is 14.5 Å². The van der Waals surface area contributed by atoms with Gasteiger partial charge in [0, 0.05) is 19.2 Å². The highest BCUT2D eigenvalue weighted by Crippen LogP contribution is 2.18. The van der Waals surface area contributed by atoms with Crippen LogP contribution in [0.25, 0.3) is 0 Å². The van der Waals surface area contributed by atoms with Gasteiger partial charge in [-0.2, -0.15) is 4.39 Å². The number of likely N-dealkylation sites (N-methyl/N-ethyl adjacent to an activating group) is 1. The predicted molar refractivity (Wildman–Crippen MR) is 61.1 cm³/mol. The van der Waals surface area contributed by atoms with Gasteiger partial charge in [0.1, 0.15) is 0 Å². The molecular formula is C11H15FN2O3. The lowest BCUT2D eigenvalue weighted by Gasteiger charge is -2.18. The van der Waals surface area contributed by atoms with Crippen LogP contribution in [0.4, 0.5) is 10.1 Å². The minimum Gasteiger partial charge on any atom is -0.395 e. The van der Waals surface area contributed by atoms with Gasteiger partial charge in [0.05, 0.1) is 11.5 Å². The molecule has 17 heavy (non-hydrogen) atoms. The maximum absolute atomic E-state index is 13.3. The van der Waals surface area contributed by atoms with Crippen LogP contribution >= 0.6 is 0 Å². The van der Waals surface area contributed by atoms with E-state index in [1.54, 1.807) is 0 Å². The van der Waals surface area contributed by atoms with Crippen molar-refractivity contribution >= 4 is 5.69 Å². The van der Waals surface area contributed by atoms with Gasteiger partial charge in [0.25, 0.3) is 0 Å². The molecule has 5 nitrogen and oxygen atoms in total. The van der Waals surface area contributed by atoms with Gasteiger partial charge in [-0.3, -0.25) is 15.0 Å². The van der Waals surface area contributed by atoms with Crippen molar-refractivity contribution in [1.29, 1.82) is 0 Å². The normalized spacial score (nSPS) is 10.8. The summed E-state index contributed by atoms with van der Waals surface area (Å²) in [6, 6.07) is 3.86. The Balaban J connectivity index is 2.79. The van der Waals surface area contributed by atoms with Crippen LogP contribution in [0.5, 0.6) is 0 Å². The first-order valence-electron chi connectivity index (χ1n) is 5.34. The van der Waals surface area contributed by atoms with Gasteiger partial charge in [-0.05, 0) is 18.2 Å². The van der Waals surface area contributed by atoms with Crippen LogP contribution in [0.3, 0.4) is 0 Å². The molecule has 0 heterocycles. The lowest BCUT2D eigenvalue weighted by molar-refractivity contribution is -0.387. The van der Waals surface area contributed by atoms with Crippen molar-refractivity contribution in [2.75, 3.05) is 19.7 Å². The van der Waals surface area contributed by atoms with Crippen molar-refractivity contribution in [2.45, 2.75) is 13.5 Å². The van der Waals surface area contributed by atoms with E-state index in [1.807, 2.05) is 11.8 Å². The highest BCUT2D eigenvalue weighted by atomic mass is 19.1. The zero-order valence-corrected chi connectivity index (χ0v) is 9.60. The summed E-state index contributed by atoms with van der Waals surface area (Å²) in [5.41, 5.74) is 0.141. The van der Waals surface area contributed by atoms with Gasteiger partial charge < -0.3 is 5.11 Å². The van der Waals surface area contributed by atoms with E-state index in [1.165, 1.54) is 6.07 Å². The standard InChI is InChI=1S/C11H15FN2O3/c1-2-13(5-6-15)8-9-3-4-11(14(16)17)10(12)7-9/h3-4,7,15H,2,5-6,8H2,1H3. The number of nitro benzene ring substituents is 1. The minimum atomic E-state index is -0.826. The van der Waals surface area contributed by atoms with Gasteiger partial charge in [-0.1, -0.05) is 13.0 Å². The second-order valence-corrected chi connectivity index (χ2v) is 3.64. The van der Waals surface area contributed by atoms with Crippen molar-refractivity contribution in [3.05, 3.63) is 39.7 Å². The third-order valence-electron chi connectivity index (χ3n) is 2.48. The van der Waals surface area contributed by atoms with E-state index < -0.39 is 16.4 Å². The molecule has 0 saturated heterocycles. The molecule has 0 aromatic heterocycles. The molecule has 1 aromatic rings. The number of rotatable bonds is 6. The first kappa shape index (κ1) is 13.5. The molecular weight excluding hydrogens is 227 g/mol. The number of nitrogens with zero attached hydrogens (tertiary/aromatic N) is 2. The summed E-state index contributed by atoms with van der Waals surface area (Å²) >= 11 is 0. The van der Waals surface area contributed by atoms with E-state index in [-0.39, 0.29) is 6.61 Å². The molecule has 1 N–H and O–H groups in total. The Kier molecular flexibility index (Phi) is 4.99. The summed E-state index contributed by atoms with van der Waals surface area (Å²) in [4.78, 5) is 11.6. The van der Waals surface area contributed by atoms with Gasteiger partial charge in [0.2, 0.25) is 5.82 Å². The Morgan fingerprint density at radius 1 is 1.53 bits per heavy atom. The van der Waals surface area contributed by atoms with Crippen molar-refractivity contribution in [2.24, 2.45) is 0 Å². The molecule has 0 unspecified atom stereocenters. The highest BCUT2D eigenvalue weighted by molar-refractivity contribution is 5.34. The monoisotopic (exact) mass is 242 g/mol. The summed E-state index contributed by atoms with van der Waals surface area (Å²) < 4.78 is 13.3. The summed E-state index contributed by atoms with van der Waals surface area (Å²) in [5.74, 6) is -0.826. The van der Waals surface area contributed by atoms with Crippen molar-refractivity contribution in [3.8, 4) is 0 Å². The number of benzene rings is 1. The van der Waals surface area contributed by atoms with Crippen LogP contribution in [0.2, 0.25) is 0 Å². The minimum absolute atomic E-state index is 0.0311. The average Bonchev–Trinajstić information content (AvgIpc) is 2.28. The fraction of sp³-hybridized carbons (Fsp3) is 0.455. The molecule has 0 aliphatic carbocycles. The van der Waals surface area contributed by atoms with E-state index in [0.29, 0.717) is 18.7 Å². The number of halogens is 1. The van der Waals surface area contributed by atoms with Crippen LogP contribution in [-0.2, 0) is 6.54 Å². The maximum Gasteiger partial charge on any atom is 0.304 e. The Morgan fingerprint density at radius 2 is 2.24 bits per heavy atom. The van der Waals surface area contributed by atoms with E-state index in [4.69, 9.17) is 5.11 Å². The second-order valence-electron chi connectivity index (χ2n) is 3.64. The molecule has 0 atom stereocenters. The molecule has 1 rings (SSSR count). The zero-order valence-electron chi connectivity index (χ0n) is 9.60. The molecule has 1 aromatic carbocycles. The lowest BCUT2D eigenvalue weighted by Crippen LogP contribution is -2.26. The summed E-state index contributed by atoms with van der Waals surface area (Å²) in [7, 11) is 0. The van der Waals surface area contributed by atoms with Crippen molar-refractivity contribution in [1.82, 2.24) is 4.90 Å². The Morgan fingerprint density at radius 3 is 2.71 bits per heavy atom. The first-order chi connectivity index (χ1) is 8.08. The van der Waals surface area contributed by atoms with Gasteiger partial charge >= 0.3 is 5.69 Å². The molecule has 0 spiro atoms. The fourth-order valence-electron chi connectivity index (χ4n) is 1.55. The molecule has 0 fully saturated rings. The third kappa shape index (κ3) is 3.76. The highest BCUT2D eigenvalue weighted by Gasteiger charge is 2.14. The molecule has 0 saturated carbocycles. The Bertz CT molecular complexity index is 398. The number of aliphatic hydroxyl groups is 1. The fourth-order valence-corrected chi connectivity index (χ4v) is 1.55. The largest absolute Gasteiger partial charge is 0.395 e. The number of nitro groups is 1. The molecule has 6 heteroatoms. The van der Waals surface area contributed by atoms with Gasteiger partial charge in [0.15, 0.2) is 0 Å². The van der Waals surface area contributed by atoms with Crippen molar-refractivity contribution in [3.63, 3.8) is 0 Å². The third-order valence-corrected chi connectivity index (χ3v) is 2.48. The topological polar surface area (TPSA) is 66.6 Å². The molecule has 0 bridgehead atoms. The molecule has 0 amide bonds. The molecule has 0 aliphatic heterocycles. The van der Waals surface area contributed by atoms with Crippen LogP contribution in [-0.4, -0.2) is 34.6 Å². The quantitative estimate of drug-likeness (QED) is 0.607. The number of hydrogen-bond acceptors (Lipinski definition) is 4. The summed E-state index contributed by atoms with van der Waals surface area (Å²) in [6.45, 7) is 3.64. The van der Waals surface area contributed by atoms with Crippen LogP contribution in [0.15, 0.2) is 18.2 Å². The summed E-state index contributed by atoms with van der Waals surface area (Å²) in [6.07, 6.45) is 0. The van der Waals surface area contributed by atoms with Gasteiger partial charge in [-0.25, -0.2) is 0 Å². The van der Waals surface area contributed by atoms with Crippen LogP contribution in [0.1, 0.15) is 12.5 Å². The van der Waals surface area contributed by atoms with Crippen LogP contribution < -0.4 is 0 Å². The van der Waals surface area contributed by atoms with Gasteiger partial charge in [-0.15, -0.1) is 0 Å². The van der Waals surface area contributed by atoms with E-state index in [2.05, 4.69) is 0 Å². The van der Waals surface area contributed by atoms with Crippen molar-refractivity contribution < 1.29 is 14.4 Å². The lowest BCUT2D eigenvalue weighted by atomic mass is 10.2. The predicted octanol–water partition coefficient (Wildman–Crippen LogP) is 1.55. The second kappa shape index (κ2) is 6.27. The maximum atomic E-state index is 13.3. The van der Waals surface area contributed by atoms with E-state index in [0.717, 1.165) is 18.7 Å². The molecule has 0 radical (unpaired) electrons. The Hall–Kier alpha value is -1.53. The SMILES string of the molecule is CCN(CCO)Cc1ccc([N+](=O)[O-])c(F)c1. The first-order valence-corrected chi connectivity index (χ1v) is 5.34. The van der Waals surface area contributed by atoms with E-state index >= 15 is 0 Å². The number of aliphatic hydroxyl groups excluding tert-OH is 1. The smallest absolute Gasteiger partial charge is 0.304 e. The van der Waals surface area contributed by atoms with Crippen LogP contribution in [0, 0.1) is 15.9 Å². The summed E-state index contributed by atoms with van der Waals surface area (Å²) in [5, 5.41) is 19.2.